The number of fused-ring (bicyclic) bond motifs is 2. The van der Waals surface area contributed by atoms with Crippen molar-refractivity contribution in [3.63, 3.8) is 0 Å². The molecule has 0 aromatic heterocycles. The van der Waals surface area contributed by atoms with Gasteiger partial charge in [-0.1, -0.05) is 54.6 Å². The maximum atomic E-state index is 11.6. The van der Waals surface area contributed by atoms with Gasteiger partial charge in [-0.15, -0.1) is 0 Å². The summed E-state index contributed by atoms with van der Waals surface area (Å²) in [6.45, 7) is 1.99. The number of nitrogens with zero attached hydrogens (tertiary/aromatic N) is 2. The largest absolute Gasteiger partial charge is 0.508 e. The summed E-state index contributed by atoms with van der Waals surface area (Å²) in [5.41, 5.74) is 2.20. The molecule has 5 rings (SSSR count). The molecule has 1 fully saturated rings. The van der Waals surface area contributed by atoms with Gasteiger partial charge in [0.1, 0.15) is 5.75 Å². The number of anilines is 1. The number of hydrogen-bond acceptors (Lipinski definition) is 3. The van der Waals surface area contributed by atoms with Crippen molar-refractivity contribution in [1.29, 1.82) is 0 Å². The standard InChI is InChI=1S/C25H22N2O2/c28-17-26-12-13-27(20-8-5-9-21(29)15-20)24(16-26)25-22-10-3-1-6-18(22)14-19-7-2-4-11-23(19)25/h1-11,14-15,17,24,29H,12-13,16H2. The van der Waals surface area contributed by atoms with Gasteiger partial charge in [-0.3, -0.25) is 4.79 Å². The summed E-state index contributed by atoms with van der Waals surface area (Å²) in [6.07, 6.45) is 0.945. The first-order valence-electron chi connectivity index (χ1n) is 9.90. The maximum Gasteiger partial charge on any atom is 0.209 e. The Kier molecular flexibility index (Phi) is 4.32. The third-order valence-electron chi connectivity index (χ3n) is 5.87. The molecule has 1 unspecified atom stereocenters. The van der Waals surface area contributed by atoms with Crippen molar-refractivity contribution < 1.29 is 9.90 Å². The summed E-state index contributed by atoms with van der Waals surface area (Å²) in [4.78, 5) is 15.8. The maximum absolute atomic E-state index is 11.6. The first-order chi connectivity index (χ1) is 14.2. The molecule has 144 valence electrons. The van der Waals surface area contributed by atoms with E-state index in [4.69, 9.17) is 0 Å². The van der Waals surface area contributed by atoms with E-state index < -0.39 is 0 Å². The van der Waals surface area contributed by atoms with Crippen LogP contribution in [-0.2, 0) is 4.79 Å². The first-order valence-corrected chi connectivity index (χ1v) is 9.90. The van der Waals surface area contributed by atoms with Crippen LogP contribution >= 0.6 is 0 Å². The van der Waals surface area contributed by atoms with Crippen molar-refractivity contribution in [1.82, 2.24) is 4.90 Å². The molecule has 4 aromatic rings. The summed E-state index contributed by atoms with van der Waals surface area (Å²) in [6, 6.07) is 26.5. The van der Waals surface area contributed by atoms with Crippen LogP contribution in [-0.4, -0.2) is 36.1 Å². The molecule has 1 heterocycles. The van der Waals surface area contributed by atoms with Crippen LogP contribution in [0.15, 0.2) is 78.9 Å². The second-order valence-electron chi connectivity index (χ2n) is 7.56. The normalized spacial score (nSPS) is 17.0. The van der Waals surface area contributed by atoms with Crippen molar-refractivity contribution in [2.45, 2.75) is 6.04 Å². The Balaban J connectivity index is 1.77. The third kappa shape index (κ3) is 3.07. The minimum absolute atomic E-state index is 0.00764. The Morgan fingerprint density at radius 2 is 1.52 bits per heavy atom. The molecule has 4 aromatic carbocycles. The Morgan fingerprint density at radius 3 is 2.17 bits per heavy atom. The minimum Gasteiger partial charge on any atom is -0.508 e. The average Bonchev–Trinajstić information content (AvgIpc) is 2.77. The summed E-state index contributed by atoms with van der Waals surface area (Å²) >= 11 is 0. The SMILES string of the molecule is O=CN1CCN(c2cccc(O)c2)C(c2c3ccccc3cc3ccccc23)C1. The average molecular weight is 382 g/mol. The summed E-state index contributed by atoms with van der Waals surface area (Å²) in [5, 5.41) is 14.8. The van der Waals surface area contributed by atoms with Gasteiger partial charge in [0.25, 0.3) is 0 Å². The number of benzene rings is 4. The molecule has 4 nitrogen and oxygen atoms in total. The molecule has 1 aliphatic heterocycles. The van der Waals surface area contributed by atoms with Gasteiger partial charge in [-0.05, 0) is 45.3 Å². The van der Waals surface area contributed by atoms with E-state index in [9.17, 15) is 9.90 Å². The lowest BCUT2D eigenvalue weighted by Gasteiger charge is -2.42. The molecule has 29 heavy (non-hydrogen) atoms. The predicted octanol–water partition coefficient (Wildman–Crippen LogP) is 4.72. The lowest BCUT2D eigenvalue weighted by Crippen LogP contribution is -2.48. The fourth-order valence-corrected chi connectivity index (χ4v) is 4.54. The molecule has 0 radical (unpaired) electrons. The molecule has 1 N–H and O–H groups in total. The van der Waals surface area contributed by atoms with Crippen molar-refractivity contribution in [3.8, 4) is 5.75 Å². The van der Waals surface area contributed by atoms with Crippen LogP contribution in [0.25, 0.3) is 21.5 Å². The second kappa shape index (κ2) is 7.13. The number of phenolic OH excluding ortho intramolecular Hbond substituents is 1. The van der Waals surface area contributed by atoms with Crippen molar-refractivity contribution in [3.05, 3.63) is 84.4 Å². The Hall–Kier alpha value is -3.53. The molecule has 4 heteroatoms. The van der Waals surface area contributed by atoms with Crippen LogP contribution in [0, 0.1) is 0 Å². The van der Waals surface area contributed by atoms with E-state index in [1.165, 1.54) is 27.1 Å². The van der Waals surface area contributed by atoms with E-state index in [2.05, 4.69) is 59.5 Å². The number of phenols is 1. The number of carbonyl (C=O) groups is 1. The van der Waals surface area contributed by atoms with Crippen LogP contribution < -0.4 is 4.90 Å². The highest BCUT2D eigenvalue weighted by Crippen LogP contribution is 2.39. The molecule has 0 spiro atoms. The molecular formula is C25H22N2O2. The molecule has 1 aliphatic rings. The van der Waals surface area contributed by atoms with E-state index in [0.717, 1.165) is 12.1 Å². The zero-order valence-corrected chi connectivity index (χ0v) is 16.0. The van der Waals surface area contributed by atoms with Crippen LogP contribution in [0.2, 0.25) is 0 Å². The highest BCUT2D eigenvalue weighted by Gasteiger charge is 2.30. The van der Waals surface area contributed by atoms with Gasteiger partial charge >= 0.3 is 0 Å². The first kappa shape index (κ1) is 17.6. The van der Waals surface area contributed by atoms with E-state index >= 15 is 0 Å². The minimum atomic E-state index is -0.00764. The van der Waals surface area contributed by atoms with Crippen molar-refractivity contribution in [2.75, 3.05) is 24.5 Å². The van der Waals surface area contributed by atoms with Gasteiger partial charge in [0.05, 0.1) is 6.04 Å². The third-order valence-corrected chi connectivity index (χ3v) is 5.87. The molecule has 1 amide bonds. The predicted molar refractivity (Wildman–Crippen MR) is 117 cm³/mol. The van der Waals surface area contributed by atoms with Gasteiger partial charge in [0.2, 0.25) is 6.41 Å². The zero-order chi connectivity index (χ0) is 19.8. The monoisotopic (exact) mass is 382 g/mol. The Labute approximate surface area is 169 Å². The molecule has 0 bridgehead atoms. The van der Waals surface area contributed by atoms with Crippen LogP contribution in [0.1, 0.15) is 11.6 Å². The highest BCUT2D eigenvalue weighted by molar-refractivity contribution is 6.03. The van der Waals surface area contributed by atoms with E-state index in [-0.39, 0.29) is 11.8 Å². The van der Waals surface area contributed by atoms with Gasteiger partial charge in [-0.25, -0.2) is 0 Å². The molecule has 1 atom stereocenters. The van der Waals surface area contributed by atoms with Crippen molar-refractivity contribution >= 4 is 33.6 Å². The topological polar surface area (TPSA) is 43.8 Å². The quantitative estimate of drug-likeness (QED) is 0.412. The fraction of sp³-hybridized carbons (Fsp3) is 0.160. The summed E-state index contributed by atoms with van der Waals surface area (Å²) in [5.74, 6) is 0.252. The van der Waals surface area contributed by atoms with Crippen LogP contribution in [0.4, 0.5) is 5.69 Å². The van der Waals surface area contributed by atoms with Gasteiger partial charge in [0.15, 0.2) is 0 Å². The highest BCUT2D eigenvalue weighted by atomic mass is 16.3. The van der Waals surface area contributed by atoms with E-state index in [1.807, 2.05) is 17.0 Å². The van der Waals surface area contributed by atoms with E-state index in [1.54, 1.807) is 12.1 Å². The van der Waals surface area contributed by atoms with Gasteiger partial charge < -0.3 is 14.9 Å². The lowest BCUT2D eigenvalue weighted by molar-refractivity contribution is -0.118. The zero-order valence-electron chi connectivity index (χ0n) is 16.0. The molecule has 0 saturated carbocycles. The number of rotatable bonds is 3. The molecule has 0 aliphatic carbocycles. The number of amides is 1. The van der Waals surface area contributed by atoms with Gasteiger partial charge in [-0.2, -0.15) is 0 Å². The summed E-state index contributed by atoms with van der Waals surface area (Å²) in [7, 11) is 0. The molecule has 1 saturated heterocycles. The van der Waals surface area contributed by atoms with Crippen LogP contribution in [0.5, 0.6) is 5.75 Å². The lowest BCUT2D eigenvalue weighted by atomic mass is 9.90. The van der Waals surface area contributed by atoms with Crippen LogP contribution in [0.3, 0.4) is 0 Å². The number of hydrogen-bond donors (Lipinski definition) is 1. The van der Waals surface area contributed by atoms with Gasteiger partial charge in [0, 0.05) is 31.4 Å². The Morgan fingerprint density at radius 1 is 0.828 bits per heavy atom. The van der Waals surface area contributed by atoms with E-state index in [0.29, 0.717) is 19.6 Å². The second-order valence-corrected chi connectivity index (χ2v) is 7.56. The number of aromatic hydroxyl groups is 1. The number of carbonyl (C=O) groups excluding carboxylic acids is 1. The number of piperazine rings is 1. The Bertz CT molecular complexity index is 1150. The van der Waals surface area contributed by atoms with Crippen molar-refractivity contribution in [2.24, 2.45) is 0 Å². The smallest absolute Gasteiger partial charge is 0.209 e. The fourth-order valence-electron chi connectivity index (χ4n) is 4.54. The summed E-state index contributed by atoms with van der Waals surface area (Å²) < 4.78 is 0. The molecular weight excluding hydrogens is 360 g/mol.